The summed E-state index contributed by atoms with van der Waals surface area (Å²) in [6, 6.07) is 6.58. The zero-order valence-corrected chi connectivity index (χ0v) is 23.3. The molecule has 202 valence electrons. The molecule has 0 radical (unpaired) electrons. The highest BCUT2D eigenvalue weighted by atomic mass is 79.9. The number of nitrogens with one attached hydrogen (secondary N) is 2. The number of ether oxygens (including phenoxy) is 1. The largest absolute Gasteiger partial charge is 0.465 e. The van der Waals surface area contributed by atoms with Crippen molar-refractivity contribution in [1.29, 1.82) is 0 Å². The summed E-state index contributed by atoms with van der Waals surface area (Å²) >= 11 is 4.64. The molecule has 15 heteroatoms. The number of carbonyl (C=O) groups is 3. The number of hydrogen-bond acceptors (Lipinski definition) is 9. The average Bonchev–Trinajstić information content (AvgIpc) is 3.26. The molecular formula is C23H26BrN7O6S. The molecule has 3 amide bonds. The third-order valence-electron chi connectivity index (χ3n) is 5.33. The quantitative estimate of drug-likeness (QED) is 0.396. The number of amides is 3. The lowest BCUT2D eigenvalue weighted by atomic mass is 10.2. The summed E-state index contributed by atoms with van der Waals surface area (Å²) in [4.78, 5) is 56.3. The monoisotopic (exact) mass is 607 g/mol. The summed E-state index contributed by atoms with van der Waals surface area (Å²) in [5, 5.41) is 19.2. The van der Waals surface area contributed by atoms with Crippen molar-refractivity contribution in [2.75, 3.05) is 42.9 Å². The maximum atomic E-state index is 12.8. The number of piperazine rings is 1. The van der Waals surface area contributed by atoms with E-state index in [0.29, 0.717) is 57.7 Å². The van der Waals surface area contributed by atoms with Gasteiger partial charge in [0.25, 0.3) is 5.56 Å². The predicted molar refractivity (Wildman–Crippen MR) is 145 cm³/mol. The van der Waals surface area contributed by atoms with Crippen LogP contribution in [0.5, 0.6) is 0 Å². The van der Waals surface area contributed by atoms with E-state index in [0.717, 1.165) is 0 Å². The van der Waals surface area contributed by atoms with Gasteiger partial charge in [0, 0.05) is 48.0 Å². The molecule has 4 rings (SSSR count). The Morgan fingerprint density at radius 3 is 2.50 bits per heavy atom. The molecule has 0 aliphatic carbocycles. The maximum absolute atomic E-state index is 12.8. The van der Waals surface area contributed by atoms with Gasteiger partial charge in [0.1, 0.15) is 23.0 Å². The number of fused-ring (bicyclic) bond motifs is 1. The fraction of sp³-hybridized carbons (Fsp3) is 0.391. The summed E-state index contributed by atoms with van der Waals surface area (Å²) in [5.74, 6) is 0.0182. The second-order valence-electron chi connectivity index (χ2n) is 9.44. The van der Waals surface area contributed by atoms with Gasteiger partial charge in [0.05, 0.1) is 0 Å². The SMILES string of the molecule is CC(C)(C)OC(=O)NCC(=O)Nc1cc(Br)cc(-c2nn3c(=O)cc(N4CCN(C(=O)O)CC4)nc3s2)c1. The first-order valence-electron chi connectivity index (χ1n) is 11.6. The van der Waals surface area contributed by atoms with Crippen LogP contribution in [0.3, 0.4) is 0 Å². The second kappa shape index (κ2) is 10.9. The Morgan fingerprint density at radius 1 is 1.13 bits per heavy atom. The van der Waals surface area contributed by atoms with Crippen LogP contribution in [0.4, 0.5) is 21.1 Å². The summed E-state index contributed by atoms with van der Waals surface area (Å²) in [7, 11) is 0. The van der Waals surface area contributed by atoms with Crippen LogP contribution >= 0.6 is 27.3 Å². The van der Waals surface area contributed by atoms with Crippen LogP contribution in [-0.2, 0) is 9.53 Å². The Hall–Kier alpha value is -3.72. The lowest BCUT2D eigenvalue weighted by molar-refractivity contribution is -0.115. The third kappa shape index (κ3) is 6.77. The van der Waals surface area contributed by atoms with E-state index in [9.17, 15) is 19.2 Å². The molecule has 0 bridgehead atoms. The molecule has 0 unspecified atom stereocenters. The van der Waals surface area contributed by atoms with Crippen molar-refractivity contribution in [2.45, 2.75) is 26.4 Å². The highest BCUT2D eigenvalue weighted by molar-refractivity contribution is 9.10. The van der Waals surface area contributed by atoms with Crippen LogP contribution in [0, 0.1) is 0 Å². The lowest BCUT2D eigenvalue weighted by Crippen LogP contribution is -2.48. The van der Waals surface area contributed by atoms with Crippen LogP contribution in [0.15, 0.2) is 33.5 Å². The molecule has 3 N–H and O–H groups in total. The number of benzene rings is 1. The van der Waals surface area contributed by atoms with Crippen molar-refractivity contribution in [1.82, 2.24) is 24.8 Å². The third-order valence-corrected chi connectivity index (χ3v) is 6.74. The molecule has 38 heavy (non-hydrogen) atoms. The average molecular weight is 608 g/mol. The Bertz CT molecular complexity index is 1440. The second-order valence-corrected chi connectivity index (χ2v) is 11.3. The Labute approximate surface area is 229 Å². The molecule has 13 nitrogen and oxygen atoms in total. The standard InChI is InChI=1S/C23H26BrN7O6S/c1-23(2,3)37-21(34)25-12-17(32)26-15-9-13(8-14(24)10-15)19-28-31-18(33)11-16(27-20(31)38-19)29-4-6-30(7-5-29)22(35)36/h8-11H,4-7,12H2,1-3H3,(H,25,34)(H,26,32)(H,35,36). The van der Waals surface area contributed by atoms with Gasteiger partial charge in [-0.1, -0.05) is 27.3 Å². The summed E-state index contributed by atoms with van der Waals surface area (Å²) < 4.78 is 7.00. The number of nitrogens with zero attached hydrogens (tertiary/aromatic N) is 5. The zero-order chi connectivity index (χ0) is 27.6. The van der Waals surface area contributed by atoms with Crippen LogP contribution in [0.25, 0.3) is 15.5 Å². The Kier molecular flexibility index (Phi) is 7.87. The predicted octanol–water partition coefficient (Wildman–Crippen LogP) is 2.84. The molecule has 1 saturated heterocycles. The molecule has 2 aromatic heterocycles. The number of hydrogen-bond donors (Lipinski definition) is 3. The first kappa shape index (κ1) is 27.3. The molecule has 0 atom stereocenters. The number of rotatable bonds is 5. The smallest absolute Gasteiger partial charge is 0.408 e. The topological polar surface area (TPSA) is 158 Å². The summed E-state index contributed by atoms with van der Waals surface area (Å²) in [6.07, 6.45) is -1.66. The summed E-state index contributed by atoms with van der Waals surface area (Å²) in [6.45, 7) is 6.41. The van der Waals surface area contributed by atoms with Crippen molar-refractivity contribution >= 4 is 61.8 Å². The summed E-state index contributed by atoms with van der Waals surface area (Å²) in [5.41, 5.74) is 0.0670. The van der Waals surface area contributed by atoms with Gasteiger partial charge >= 0.3 is 12.2 Å². The highest BCUT2D eigenvalue weighted by Gasteiger charge is 2.23. The molecule has 0 saturated carbocycles. The molecule has 1 aromatic carbocycles. The number of carbonyl (C=O) groups excluding carboxylic acids is 2. The maximum Gasteiger partial charge on any atom is 0.408 e. The van der Waals surface area contributed by atoms with Crippen LogP contribution in [0.2, 0.25) is 0 Å². The first-order chi connectivity index (χ1) is 17.9. The van der Waals surface area contributed by atoms with Crippen molar-refractivity contribution in [3.63, 3.8) is 0 Å². The zero-order valence-electron chi connectivity index (χ0n) is 20.9. The highest BCUT2D eigenvalue weighted by Crippen LogP contribution is 2.30. The van der Waals surface area contributed by atoms with Gasteiger partial charge in [-0.25, -0.2) is 14.6 Å². The number of anilines is 2. The number of aromatic nitrogens is 3. The Balaban J connectivity index is 1.49. The molecule has 3 aromatic rings. The van der Waals surface area contributed by atoms with Gasteiger partial charge in [-0.3, -0.25) is 9.59 Å². The minimum Gasteiger partial charge on any atom is -0.465 e. The van der Waals surface area contributed by atoms with E-state index >= 15 is 0 Å². The van der Waals surface area contributed by atoms with Crippen molar-refractivity contribution < 1.29 is 24.2 Å². The fourth-order valence-electron chi connectivity index (χ4n) is 3.66. The van der Waals surface area contributed by atoms with Crippen LogP contribution in [-0.4, -0.2) is 81.0 Å². The number of carboxylic acid groups (broad SMARTS) is 1. The molecule has 1 aliphatic heterocycles. The molecule has 3 heterocycles. The van der Waals surface area contributed by atoms with Gasteiger partial charge in [-0.2, -0.15) is 9.61 Å². The number of alkyl carbamates (subject to hydrolysis) is 1. The van der Waals surface area contributed by atoms with E-state index in [1.807, 2.05) is 4.90 Å². The van der Waals surface area contributed by atoms with E-state index in [-0.39, 0.29) is 12.1 Å². The van der Waals surface area contributed by atoms with E-state index in [2.05, 4.69) is 36.6 Å². The van der Waals surface area contributed by atoms with E-state index in [4.69, 9.17) is 9.84 Å². The molecule has 0 spiro atoms. The number of halogens is 1. The van der Waals surface area contributed by atoms with Gasteiger partial charge in [0.15, 0.2) is 0 Å². The lowest BCUT2D eigenvalue weighted by Gasteiger charge is -2.33. The Morgan fingerprint density at radius 2 is 1.84 bits per heavy atom. The normalized spacial score (nSPS) is 13.9. The minimum absolute atomic E-state index is 0.277. The van der Waals surface area contributed by atoms with Crippen molar-refractivity contribution in [2.24, 2.45) is 0 Å². The van der Waals surface area contributed by atoms with E-state index in [1.165, 1.54) is 26.8 Å². The van der Waals surface area contributed by atoms with Gasteiger partial charge in [-0.05, 0) is 39.0 Å². The van der Waals surface area contributed by atoms with Crippen LogP contribution in [0.1, 0.15) is 20.8 Å². The van der Waals surface area contributed by atoms with Crippen LogP contribution < -0.4 is 21.1 Å². The fourth-order valence-corrected chi connectivity index (χ4v) is 5.04. The van der Waals surface area contributed by atoms with Crippen molar-refractivity contribution in [3.8, 4) is 10.6 Å². The minimum atomic E-state index is -0.968. The molecule has 1 aliphatic rings. The van der Waals surface area contributed by atoms with Gasteiger partial charge < -0.3 is 30.3 Å². The van der Waals surface area contributed by atoms with E-state index in [1.54, 1.807) is 39.0 Å². The molecule has 1 fully saturated rings. The molecular weight excluding hydrogens is 582 g/mol. The van der Waals surface area contributed by atoms with Crippen molar-refractivity contribution in [3.05, 3.63) is 39.1 Å². The van der Waals surface area contributed by atoms with Gasteiger partial charge in [-0.15, -0.1) is 0 Å². The van der Waals surface area contributed by atoms with E-state index < -0.39 is 23.7 Å². The van der Waals surface area contributed by atoms with Gasteiger partial charge in [0.2, 0.25) is 10.9 Å². The first-order valence-corrected chi connectivity index (χ1v) is 13.2.